The topological polar surface area (TPSA) is 72.6 Å². The van der Waals surface area contributed by atoms with Crippen molar-refractivity contribution in [2.75, 3.05) is 24.5 Å². The van der Waals surface area contributed by atoms with E-state index in [1.165, 1.54) is 35.9 Å². The fourth-order valence-electron chi connectivity index (χ4n) is 5.59. The van der Waals surface area contributed by atoms with E-state index in [1.54, 1.807) is 0 Å². The van der Waals surface area contributed by atoms with Crippen LogP contribution in [0.1, 0.15) is 37.4 Å². The second-order valence-electron chi connectivity index (χ2n) is 10.4. The SMILES string of the molecule is C=C/C(=C\C(=C/C)c1cc2c(-c3cc4c(N5CCCCC5)cccc4[nH]3)n[nH]c2cn1)CNCc1ccccc1. The van der Waals surface area contributed by atoms with Gasteiger partial charge >= 0.3 is 0 Å². The molecule has 6 nitrogen and oxygen atoms in total. The molecule has 3 aromatic heterocycles. The van der Waals surface area contributed by atoms with Crippen LogP contribution in [0.2, 0.25) is 0 Å². The first-order chi connectivity index (χ1) is 19.7. The van der Waals surface area contributed by atoms with Crippen LogP contribution in [0.5, 0.6) is 0 Å². The highest BCUT2D eigenvalue weighted by Gasteiger charge is 2.18. The third kappa shape index (κ3) is 5.36. The summed E-state index contributed by atoms with van der Waals surface area (Å²) in [6, 6.07) is 21.4. The van der Waals surface area contributed by atoms with Gasteiger partial charge in [0.15, 0.2) is 0 Å². The molecule has 0 unspecified atom stereocenters. The lowest BCUT2D eigenvalue weighted by Crippen LogP contribution is -2.29. The maximum atomic E-state index is 4.76. The Morgan fingerprint density at radius 3 is 2.65 bits per heavy atom. The molecule has 0 amide bonds. The smallest absolute Gasteiger partial charge is 0.116 e. The van der Waals surface area contributed by atoms with Gasteiger partial charge in [-0.3, -0.25) is 10.1 Å². The van der Waals surface area contributed by atoms with Crippen molar-refractivity contribution >= 4 is 33.1 Å². The highest BCUT2D eigenvalue weighted by Crippen LogP contribution is 2.35. The molecule has 40 heavy (non-hydrogen) atoms. The van der Waals surface area contributed by atoms with Crippen LogP contribution >= 0.6 is 0 Å². The van der Waals surface area contributed by atoms with Crippen LogP contribution in [0, 0.1) is 0 Å². The van der Waals surface area contributed by atoms with E-state index < -0.39 is 0 Å². The van der Waals surface area contributed by atoms with Gasteiger partial charge in [-0.15, -0.1) is 0 Å². The van der Waals surface area contributed by atoms with Gasteiger partial charge in [-0.2, -0.15) is 5.10 Å². The number of benzene rings is 2. The highest BCUT2D eigenvalue weighted by molar-refractivity contribution is 6.00. The molecule has 5 aromatic rings. The number of H-pyrrole nitrogens is 2. The average Bonchev–Trinajstić information content (AvgIpc) is 3.63. The van der Waals surface area contributed by atoms with Crippen LogP contribution in [0.15, 0.2) is 97.2 Å². The molecule has 0 saturated carbocycles. The fraction of sp³-hybridized carbons (Fsp3) is 0.235. The predicted molar refractivity (Wildman–Crippen MR) is 167 cm³/mol. The number of hydrogen-bond acceptors (Lipinski definition) is 4. The van der Waals surface area contributed by atoms with Crippen LogP contribution < -0.4 is 10.2 Å². The van der Waals surface area contributed by atoms with E-state index in [9.17, 15) is 0 Å². The van der Waals surface area contributed by atoms with E-state index in [0.29, 0.717) is 0 Å². The number of rotatable bonds is 9. The number of fused-ring (bicyclic) bond motifs is 2. The first-order valence-corrected chi connectivity index (χ1v) is 14.2. The number of nitrogens with zero attached hydrogens (tertiary/aromatic N) is 3. The van der Waals surface area contributed by atoms with Gasteiger partial charge in [0.1, 0.15) is 5.69 Å². The summed E-state index contributed by atoms with van der Waals surface area (Å²) in [4.78, 5) is 10.9. The Kier molecular flexibility index (Phi) is 7.60. The lowest BCUT2D eigenvalue weighted by atomic mass is 10.0. The first-order valence-electron chi connectivity index (χ1n) is 14.2. The number of hydrogen-bond donors (Lipinski definition) is 3. The van der Waals surface area contributed by atoms with Crippen molar-refractivity contribution in [3.8, 4) is 11.4 Å². The maximum absolute atomic E-state index is 4.76. The number of pyridine rings is 1. The number of allylic oxidation sites excluding steroid dienone is 3. The summed E-state index contributed by atoms with van der Waals surface area (Å²) in [6.07, 6.45) is 11.9. The fourth-order valence-corrected chi connectivity index (χ4v) is 5.59. The zero-order valence-electron chi connectivity index (χ0n) is 23.1. The molecule has 6 heteroatoms. The average molecular weight is 529 g/mol. The van der Waals surface area contributed by atoms with Crippen molar-refractivity contribution in [1.82, 2.24) is 25.5 Å². The second-order valence-corrected chi connectivity index (χ2v) is 10.4. The van der Waals surface area contributed by atoms with Crippen LogP contribution in [-0.2, 0) is 6.54 Å². The minimum absolute atomic E-state index is 0.726. The molecule has 4 heterocycles. The molecule has 0 atom stereocenters. The summed E-state index contributed by atoms with van der Waals surface area (Å²) in [7, 11) is 0. The molecule has 202 valence electrons. The third-order valence-corrected chi connectivity index (χ3v) is 7.75. The van der Waals surface area contributed by atoms with Gasteiger partial charge in [-0.05, 0) is 73.2 Å². The van der Waals surface area contributed by atoms with E-state index in [4.69, 9.17) is 10.1 Å². The Bertz CT molecular complexity index is 1680. The molecule has 2 aromatic carbocycles. The van der Waals surface area contributed by atoms with Crippen molar-refractivity contribution in [2.24, 2.45) is 0 Å². The molecule has 0 spiro atoms. The van der Waals surface area contributed by atoms with Gasteiger partial charge < -0.3 is 15.2 Å². The van der Waals surface area contributed by atoms with Crippen LogP contribution in [0.3, 0.4) is 0 Å². The zero-order valence-corrected chi connectivity index (χ0v) is 23.1. The van der Waals surface area contributed by atoms with Crippen molar-refractivity contribution in [3.63, 3.8) is 0 Å². The summed E-state index contributed by atoms with van der Waals surface area (Å²) in [6.45, 7) is 9.87. The molecule has 0 aliphatic carbocycles. The molecular formula is C34H36N6. The first kappa shape index (κ1) is 25.8. The van der Waals surface area contributed by atoms with Crippen LogP contribution in [-0.4, -0.2) is 39.8 Å². The lowest BCUT2D eigenvalue weighted by Gasteiger charge is -2.29. The molecular weight excluding hydrogens is 492 g/mol. The largest absolute Gasteiger partial charge is 0.371 e. The van der Waals surface area contributed by atoms with E-state index in [0.717, 1.165) is 70.8 Å². The second kappa shape index (κ2) is 11.8. The number of anilines is 1. The third-order valence-electron chi connectivity index (χ3n) is 7.75. The number of nitrogens with one attached hydrogen (secondary N) is 3. The lowest BCUT2D eigenvalue weighted by molar-refractivity contribution is 0.579. The predicted octanol–water partition coefficient (Wildman–Crippen LogP) is 7.40. The minimum atomic E-state index is 0.726. The summed E-state index contributed by atoms with van der Waals surface area (Å²) >= 11 is 0. The van der Waals surface area contributed by atoms with E-state index in [2.05, 4.69) is 93.6 Å². The Morgan fingerprint density at radius 2 is 1.85 bits per heavy atom. The highest BCUT2D eigenvalue weighted by atomic mass is 15.1. The van der Waals surface area contributed by atoms with Gasteiger partial charge in [-0.1, -0.05) is 55.1 Å². The Balaban J connectivity index is 1.28. The van der Waals surface area contributed by atoms with Gasteiger partial charge in [0, 0.05) is 48.2 Å². The molecule has 1 aliphatic heterocycles. The molecule has 0 radical (unpaired) electrons. The number of aromatic nitrogens is 4. The standard InChI is InChI=1S/C34H36N6/c1-3-24(21-35-22-25-12-7-5-8-13-25)18-26(4-2)30-20-28-32(23-36-30)38-39-34(28)31-19-27-29(37-31)14-11-15-33(27)40-16-9-6-10-17-40/h3-5,7-8,11-15,18-20,23,35,37H,1,6,9-10,16-17,21-22H2,2H3,(H,38,39)/b24-18+,26-4+. The van der Waals surface area contributed by atoms with Crippen molar-refractivity contribution in [1.29, 1.82) is 0 Å². The van der Waals surface area contributed by atoms with Gasteiger partial charge in [0.25, 0.3) is 0 Å². The van der Waals surface area contributed by atoms with Gasteiger partial charge in [0.05, 0.1) is 23.1 Å². The Hall–Kier alpha value is -4.42. The van der Waals surface area contributed by atoms with Crippen molar-refractivity contribution in [3.05, 3.63) is 108 Å². The monoisotopic (exact) mass is 528 g/mol. The van der Waals surface area contributed by atoms with Crippen molar-refractivity contribution in [2.45, 2.75) is 32.7 Å². The molecule has 3 N–H and O–H groups in total. The zero-order chi connectivity index (χ0) is 27.3. The molecule has 6 rings (SSSR count). The number of piperidine rings is 1. The van der Waals surface area contributed by atoms with E-state index in [-0.39, 0.29) is 0 Å². The maximum Gasteiger partial charge on any atom is 0.116 e. The Labute approximate surface area is 235 Å². The normalized spacial score (nSPS) is 14.8. The summed E-state index contributed by atoms with van der Waals surface area (Å²) in [5.41, 5.74) is 9.61. The quantitative estimate of drug-likeness (QED) is 0.174. The molecule has 1 saturated heterocycles. The van der Waals surface area contributed by atoms with E-state index in [1.807, 2.05) is 25.3 Å². The minimum Gasteiger partial charge on any atom is -0.371 e. The summed E-state index contributed by atoms with van der Waals surface area (Å²) in [5.74, 6) is 0. The van der Waals surface area contributed by atoms with Crippen LogP contribution in [0.4, 0.5) is 5.69 Å². The van der Waals surface area contributed by atoms with Crippen molar-refractivity contribution < 1.29 is 0 Å². The molecule has 0 bridgehead atoms. The summed E-state index contributed by atoms with van der Waals surface area (Å²) in [5, 5.41) is 13.7. The van der Waals surface area contributed by atoms with Gasteiger partial charge in [-0.25, -0.2) is 0 Å². The Morgan fingerprint density at radius 1 is 1.00 bits per heavy atom. The van der Waals surface area contributed by atoms with E-state index >= 15 is 0 Å². The molecule has 1 fully saturated rings. The van der Waals surface area contributed by atoms with Crippen LogP contribution in [0.25, 0.3) is 38.8 Å². The summed E-state index contributed by atoms with van der Waals surface area (Å²) < 4.78 is 0. The molecule has 1 aliphatic rings. The number of aromatic amines is 2. The van der Waals surface area contributed by atoms with Gasteiger partial charge in [0.2, 0.25) is 0 Å².